The molecule has 1 N–H and O–H groups in total. The van der Waals surface area contributed by atoms with E-state index in [2.05, 4.69) is 5.32 Å². The first-order chi connectivity index (χ1) is 11.4. The Kier molecular flexibility index (Phi) is 5.82. The largest absolute Gasteiger partial charge is 0.495 e. The first kappa shape index (κ1) is 17.8. The van der Waals surface area contributed by atoms with Gasteiger partial charge in [-0.2, -0.15) is 0 Å². The van der Waals surface area contributed by atoms with E-state index in [1.165, 1.54) is 18.9 Å². The Morgan fingerprint density at radius 3 is 2.54 bits per heavy atom. The van der Waals surface area contributed by atoms with Crippen LogP contribution in [-0.4, -0.2) is 25.5 Å². The van der Waals surface area contributed by atoms with Gasteiger partial charge in [-0.1, -0.05) is 23.7 Å². The molecule has 0 spiro atoms. The lowest BCUT2D eigenvalue weighted by atomic mass is 10.2. The third kappa shape index (κ3) is 4.49. The Bertz CT molecular complexity index is 762. The number of nitrogens with zero attached hydrogens (tertiary/aromatic N) is 1. The van der Waals surface area contributed by atoms with Crippen molar-refractivity contribution >= 4 is 34.8 Å². The summed E-state index contributed by atoms with van der Waals surface area (Å²) in [7, 11) is 1.51. The van der Waals surface area contributed by atoms with Crippen LogP contribution in [0.1, 0.15) is 12.5 Å². The molecule has 2 amide bonds. The maximum absolute atomic E-state index is 12.3. The molecule has 6 heteroatoms. The molecule has 2 aromatic rings. The lowest BCUT2D eigenvalue weighted by Crippen LogP contribution is -2.36. The molecule has 2 aromatic carbocycles. The molecule has 0 aliphatic rings. The van der Waals surface area contributed by atoms with Crippen LogP contribution in [0.25, 0.3) is 0 Å². The minimum absolute atomic E-state index is 0.105. The fourth-order valence-corrected chi connectivity index (χ4v) is 2.53. The number of aryl methyl sites for hydroxylation is 1. The highest BCUT2D eigenvalue weighted by molar-refractivity contribution is 6.32. The van der Waals surface area contributed by atoms with Crippen molar-refractivity contribution in [2.75, 3.05) is 23.9 Å². The smallest absolute Gasteiger partial charge is 0.244 e. The van der Waals surface area contributed by atoms with Crippen LogP contribution >= 0.6 is 11.6 Å². The minimum atomic E-state index is -0.289. The number of carbonyl (C=O) groups excluding carboxylic acids is 2. The van der Waals surface area contributed by atoms with Gasteiger partial charge < -0.3 is 15.0 Å². The molecule has 0 bridgehead atoms. The second-order valence-electron chi connectivity index (χ2n) is 5.34. The quantitative estimate of drug-likeness (QED) is 0.899. The first-order valence-electron chi connectivity index (χ1n) is 7.39. The Labute approximate surface area is 146 Å². The molecule has 0 fully saturated rings. The van der Waals surface area contributed by atoms with E-state index in [-0.39, 0.29) is 18.4 Å². The number of carbonyl (C=O) groups is 2. The van der Waals surface area contributed by atoms with Crippen molar-refractivity contribution in [3.05, 3.63) is 53.1 Å². The number of nitrogens with one attached hydrogen (secondary N) is 1. The number of halogens is 1. The molecule has 0 unspecified atom stereocenters. The summed E-state index contributed by atoms with van der Waals surface area (Å²) >= 11 is 6.10. The van der Waals surface area contributed by atoms with Gasteiger partial charge in [0.2, 0.25) is 11.8 Å². The Morgan fingerprint density at radius 2 is 1.96 bits per heavy atom. The summed E-state index contributed by atoms with van der Waals surface area (Å²) in [6.45, 7) is 3.24. The van der Waals surface area contributed by atoms with Crippen LogP contribution in [0.2, 0.25) is 5.02 Å². The number of ether oxygens (including phenoxy) is 1. The summed E-state index contributed by atoms with van der Waals surface area (Å²) in [4.78, 5) is 25.5. The molecular formula is C18H19ClN2O3. The van der Waals surface area contributed by atoms with Crippen LogP contribution in [0.4, 0.5) is 11.4 Å². The zero-order valence-electron chi connectivity index (χ0n) is 13.8. The summed E-state index contributed by atoms with van der Waals surface area (Å²) in [6, 6.07) is 12.4. The van der Waals surface area contributed by atoms with Crippen molar-refractivity contribution in [1.29, 1.82) is 0 Å². The Hall–Kier alpha value is -2.53. The maximum Gasteiger partial charge on any atom is 0.244 e. The molecule has 24 heavy (non-hydrogen) atoms. The van der Waals surface area contributed by atoms with Crippen molar-refractivity contribution in [3.63, 3.8) is 0 Å². The zero-order chi connectivity index (χ0) is 17.7. The number of anilines is 2. The molecule has 0 atom stereocenters. The molecule has 0 aliphatic heterocycles. The van der Waals surface area contributed by atoms with Gasteiger partial charge in [0, 0.05) is 18.3 Å². The number of benzene rings is 2. The first-order valence-corrected chi connectivity index (χ1v) is 7.76. The molecular weight excluding hydrogens is 328 g/mol. The SMILES string of the molecule is COc1ccc(N(CC(=O)Nc2cccc(C)c2)C(C)=O)cc1Cl. The normalized spacial score (nSPS) is 10.2. The highest BCUT2D eigenvalue weighted by atomic mass is 35.5. The van der Waals surface area contributed by atoms with Crippen molar-refractivity contribution in [2.45, 2.75) is 13.8 Å². The fourth-order valence-electron chi connectivity index (χ4n) is 2.27. The van der Waals surface area contributed by atoms with E-state index in [9.17, 15) is 9.59 Å². The van der Waals surface area contributed by atoms with Gasteiger partial charge in [-0.05, 0) is 42.8 Å². The van der Waals surface area contributed by atoms with E-state index in [0.717, 1.165) is 5.56 Å². The molecule has 0 heterocycles. The minimum Gasteiger partial charge on any atom is -0.495 e. The average molecular weight is 347 g/mol. The fraction of sp³-hybridized carbons (Fsp3) is 0.222. The molecule has 0 radical (unpaired) electrons. The number of hydrogen-bond acceptors (Lipinski definition) is 3. The molecule has 0 saturated carbocycles. The summed E-state index contributed by atoms with van der Waals surface area (Å²) < 4.78 is 5.10. The van der Waals surface area contributed by atoms with E-state index in [0.29, 0.717) is 22.1 Å². The highest BCUT2D eigenvalue weighted by Crippen LogP contribution is 2.29. The lowest BCUT2D eigenvalue weighted by Gasteiger charge is -2.21. The van der Waals surface area contributed by atoms with Crippen LogP contribution in [0.3, 0.4) is 0 Å². The molecule has 126 valence electrons. The highest BCUT2D eigenvalue weighted by Gasteiger charge is 2.17. The topological polar surface area (TPSA) is 58.6 Å². The van der Waals surface area contributed by atoms with Crippen molar-refractivity contribution in [3.8, 4) is 5.75 Å². The van der Waals surface area contributed by atoms with Gasteiger partial charge in [-0.3, -0.25) is 9.59 Å². The monoisotopic (exact) mass is 346 g/mol. The van der Waals surface area contributed by atoms with Crippen molar-refractivity contribution < 1.29 is 14.3 Å². The zero-order valence-corrected chi connectivity index (χ0v) is 14.6. The second-order valence-corrected chi connectivity index (χ2v) is 5.75. The number of rotatable bonds is 5. The van der Waals surface area contributed by atoms with Crippen LogP contribution in [0.5, 0.6) is 5.75 Å². The lowest BCUT2D eigenvalue weighted by molar-refractivity contribution is -0.120. The molecule has 0 aromatic heterocycles. The van der Waals surface area contributed by atoms with E-state index < -0.39 is 0 Å². The Morgan fingerprint density at radius 1 is 1.21 bits per heavy atom. The van der Waals surface area contributed by atoms with Crippen LogP contribution in [0, 0.1) is 6.92 Å². The van der Waals surface area contributed by atoms with Crippen molar-refractivity contribution in [2.24, 2.45) is 0 Å². The second kappa shape index (κ2) is 7.84. The van der Waals surface area contributed by atoms with Gasteiger partial charge in [0.05, 0.1) is 12.1 Å². The van der Waals surface area contributed by atoms with Crippen molar-refractivity contribution in [1.82, 2.24) is 0 Å². The third-order valence-electron chi connectivity index (χ3n) is 3.43. The van der Waals surface area contributed by atoms with Gasteiger partial charge in [-0.15, -0.1) is 0 Å². The standard InChI is InChI=1S/C18H19ClN2O3/c1-12-5-4-6-14(9-12)20-18(23)11-21(13(2)22)15-7-8-17(24-3)16(19)10-15/h4-10H,11H2,1-3H3,(H,20,23). The van der Waals surface area contributed by atoms with Crippen LogP contribution < -0.4 is 15.0 Å². The van der Waals surface area contributed by atoms with Gasteiger partial charge in [0.1, 0.15) is 12.3 Å². The predicted molar refractivity (Wildman–Crippen MR) is 95.8 cm³/mol. The average Bonchev–Trinajstić information content (AvgIpc) is 2.52. The van der Waals surface area contributed by atoms with Gasteiger partial charge in [-0.25, -0.2) is 0 Å². The van der Waals surface area contributed by atoms with Gasteiger partial charge in [0.25, 0.3) is 0 Å². The van der Waals surface area contributed by atoms with Crippen LogP contribution in [-0.2, 0) is 9.59 Å². The number of amides is 2. The molecule has 5 nitrogen and oxygen atoms in total. The van der Waals surface area contributed by atoms with E-state index >= 15 is 0 Å². The van der Waals surface area contributed by atoms with E-state index in [4.69, 9.17) is 16.3 Å². The predicted octanol–water partition coefficient (Wildman–Crippen LogP) is 3.65. The van der Waals surface area contributed by atoms with Crippen LogP contribution in [0.15, 0.2) is 42.5 Å². The summed E-state index contributed by atoms with van der Waals surface area (Å²) in [5, 5.41) is 3.16. The van der Waals surface area contributed by atoms with Gasteiger partial charge >= 0.3 is 0 Å². The van der Waals surface area contributed by atoms with E-state index in [1.807, 2.05) is 25.1 Å². The molecule has 0 aliphatic carbocycles. The molecule has 2 rings (SSSR count). The summed E-state index contributed by atoms with van der Waals surface area (Å²) in [5.74, 6) is -0.0357. The Balaban J connectivity index is 2.15. The third-order valence-corrected chi connectivity index (χ3v) is 3.73. The van der Waals surface area contributed by atoms with Gasteiger partial charge in [0.15, 0.2) is 0 Å². The molecule has 0 saturated heterocycles. The maximum atomic E-state index is 12.3. The number of methoxy groups -OCH3 is 1. The number of hydrogen-bond donors (Lipinski definition) is 1. The summed E-state index contributed by atoms with van der Waals surface area (Å²) in [6.07, 6.45) is 0. The van der Waals surface area contributed by atoms with E-state index in [1.54, 1.807) is 24.3 Å². The summed E-state index contributed by atoms with van der Waals surface area (Å²) in [5.41, 5.74) is 2.27.